The molecule has 3 aromatic rings. The molecule has 1 N–H and O–H groups in total. The molecule has 12 heterocycles. The van der Waals surface area contributed by atoms with Gasteiger partial charge in [-0.3, -0.25) is 9.80 Å². The Morgan fingerprint density at radius 1 is 0.535 bits per heavy atom. The maximum atomic E-state index is 14.4. The van der Waals surface area contributed by atoms with Gasteiger partial charge in [-0.2, -0.15) is 0 Å². The number of aryl methyl sites for hydroxylation is 1. The van der Waals surface area contributed by atoms with Gasteiger partial charge in [0.15, 0.2) is 0 Å². The number of carbonyl (C=O) groups excluding carboxylic acids is 5. The minimum atomic E-state index is -0.293. The number of hydrogen-bond acceptors (Lipinski definition) is 14. The van der Waals surface area contributed by atoms with E-state index < -0.39 is 0 Å². The van der Waals surface area contributed by atoms with Crippen LogP contribution < -0.4 is 15.1 Å². The summed E-state index contributed by atoms with van der Waals surface area (Å²) in [6.07, 6.45) is 20.8. The van der Waals surface area contributed by atoms with Crippen LogP contribution in [0.2, 0.25) is 0 Å². The summed E-state index contributed by atoms with van der Waals surface area (Å²) in [5.41, 5.74) is 7.73. The highest BCUT2D eigenvalue weighted by atomic mass is 19.1. The summed E-state index contributed by atoms with van der Waals surface area (Å²) < 4.78 is 55.6. The molecule has 0 aromatic heterocycles. The van der Waals surface area contributed by atoms with E-state index in [0.717, 1.165) is 177 Å². The summed E-state index contributed by atoms with van der Waals surface area (Å²) in [6.45, 7) is 17.4. The van der Waals surface area contributed by atoms with Crippen molar-refractivity contribution in [1.29, 1.82) is 0 Å². The van der Waals surface area contributed by atoms with Crippen molar-refractivity contribution in [2.24, 2.45) is 0 Å². The van der Waals surface area contributed by atoms with Gasteiger partial charge in [-0.25, -0.2) is 32.8 Å². The highest BCUT2D eigenvalue weighted by Crippen LogP contribution is 2.52. The number of benzene rings is 3. The van der Waals surface area contributed by atoms with Crippen LogP contribution >= 0.6 is 0 Å². The molecule has 0 radical (unpaired) electrons. The van der Waals surface area contributed by atoms with E-state index in [-0.39, 0.29) is 95.9 Å². The van der Waals surface area contributed by atoms with Crippen molar-refractivity contribution in [1.82, 2.24) is 34.3 Å². The van der Waals surface area contributed by atoms with Gasteiger partial charge in [0.05, 0.1) is 25.0 Å². The van der Waals surface area contributed by atoms with Crippen molar-refractivity contribution in [2.75, 3.05) is 115 Å². The van der Waals surface area contributed by atoms with E-state index in [0.29, 0.717) is 61.9 Å². The molecule has 22 heteroatoms. The van der Waals surface area contributed by atoms with Gasteiger partial charge < -0.3 is 63.3 Å². The van der Waals surface area contributed by atoms with Crippen molar-refractivity contribution in [2.45, 2.75) is 245 Å². The van der Waals surface area contributed by atoms with Crippen LogP contribution in [0.3, 0.4) is 0 Å². The highest BCUT2D eigenvalue weighted by molar-refractivity contribution is 5.95. The third-order valence-corrected chi connectivity index (χ3v) is 25.8. The predicted molar refractivity (Wildman–Crippen MR) is 375 cm³/mol. The summed E-state index contributed by atoms with van der Waals surface area (Å²) in [4.78, 5) is 82.6. The molecule has 99 heavy (non-hydrogen) atoms. The number of nitrogens with one attached hydrogen (secondary N) is 1. The van der Waals surface area contributed by atoms with Crippen LogP contribution in [0.4, 0.5) is 49.8 Å². The molecular weight excluding hydrogens is 1260 g/mol. The Morgan fingerprint density at radius 3 is 1.41 bits per heavy atom. The van der Waals surface area contributed by atoms with Crippen molar-refractivity contribution < 1.29 is 56.4 Å². The zero-order valence-corrected chi connectivity index (χ0v) is 59.7. The van der Waals surface area contributed by atoms with Gasteiger partial charge in [0.25, 0.3) is 0 Å². The van der Waals surface area contributed by atoms with Gasteiger partial charge in [0, 0.05) is 123 Å². The van der Waals surface area contributed by atoms with E-state index in [4.69, 9.17) is 23.7 Å². The number of amides is 6. The van der Waals surface area contributed by atoms with Gasteiger partial charge in [-0.1, -0.05) is 17.7 Å². The molecule has 16 rings (SSSR count). The number of methoxy groups -OCH3 is 1. The number of likely N-dealkylation sites (tertiary alicyclic amines) is 3. The number of rotatable bonds is 9. The van der Waals surface area contributed by atoms with E-state index in [1.165, 1.54) is 49.3 Å². The van der Waals surface area contributed by atoms with Crippen molar-refractivity contribution in [3.63, 3.8) is 0 Å². The monoisotopic (exact) mass is 1370 g/mol. The number of anilines is 3. The van der Waals surface area contributed by atoms with Crippen molar-refractivity contribution in [3.8, 4) is 0 Å². The topological polar surface area (TPSA) is 173 Å². The van der Waals surface area contributed by atoms with Gasteiger partial charge in [0.2, 0.25) is 0 Å². The van der Waals surface area contributed by atoms with Gasteiger partial charge in [0.1, 0.15) is 24.3 Å². The number of hydrogen-bond donors (Lipinski definition) is 1. The molecule has 13 aliphatic rings. The van der Waals surface area contributed by atoms with Crippen molar-refractivity contribution in [3.05, 3.63) is 88.5 Å². The van der Waals surface area contributed by atoms with Gasteiger partial charge in [-0.05, 0) is 261 Å². The Hall–Kier alpha value is -6.49. The second-order valence-corrected chi connectivity index (χ2v) is 32.0. The standard InChI is InChI=1S/C28H38FN3O5.C26H37FN4O3.C23H33N3O2/c1-35-13-14-36-27(34)32-20-6-7-21(32)17-22(16-20)30-11-9-28(10-12-30)18-31(26(33)37-23-3-2-4-23)25-8-5-19(29)15-24(25)28;1-17(2)34-25(33)31-19-6-7-20(31)15-21(14-19)29-11-9-26(10-12-29)16-30(24(32)28(3)4)23-8-5-18(27)13-22(23)26;1-3-28-22(27)26-17-5-6-18(26)14-19(13-17)25-10-8-23(9-11-25)15-24-21-7-4-16(2)12-20(21)23/h5,8,15,20-23H,2-4,6-7,9-14,16-18H2,1H3;5,8,13,17,19-21H,6-7,9-12,14-16H2,1-4H3;4,7,12,17-19,24H,3,5-6,8-11,13-15H2,1-2H3. The summed E-state index contributed by atoms with van der Waals surface area (Å²) >= 11 is 0. The van der Waals surface area contributed by atoms with Crippen LogP contribution in [-0.2, 0) is 39.9 Å². The van der Waals surface area contributed by atoms with Gasteiger partial charge in [-0.15, -0.1) is 0 Å². The molecule has 6 unspecified atom stereocenters. The van der Waals surface area contributed by atoms with Crippen LogP contribution in [-0.4, -0.2) is 231 Å². The normalized spacial score (nSPS) is 29.1. The number of halogens is 2. The van der Waals surface area contributed by atoms with Gasteiger partial charge >= 0.3 is 30.4 Å². The number of nitrogens with zero attached hydrogens (tertiary/aromatic N) is 9. The van der Waals surface area contributed by atoms with E-state index >= 15 is 0 Å². The summed E-state index contributed by atoms with van der Waals surface area (Å²) in [5, 5.41) is 3.66. The molecule has 3 aromatic carbocycles. The quantitative estimate of drug-likeness (QED) is 0.158. The largest absolute Gasteiger partial charge is 0.450 e. The predicted octanol–water partition coefficient (Wildman–Crippen LogP) is 12.6. The Labute approximate surface area is 584 Å². The van der Waals surface area contributed by atoms with E-state index in [1.807, 2.05) is 35.5 Å². The second-order valence-electron chi connectivity index (χ2n) is 32.0. The molecule has 6 atom stereocenters. The lowest BCUT2D eigenvalue weighted by atomic mass is 9.73. The van der Waals surface area contributed by atoms with Crippen LogP contribution in [0, 0.1) is 18.6 Å². The number of piperidine rings is 6. The zero-order valence-electron chi connectivity index (χ0n) is 59.7. The number of urea groups is 1. The molecule has 6 amide bonds. The Morgan fingerprint density at radius 2 is 0.980 bits per heavy atom. The molecule has 6 bridgehead atoms. The van der Waals surface area contributed by atoms with Crippen LogP contribution in [0.1, 0.15) is 178 Å². The van der Waals surface area contributed by atoms with E-state index in [2.05, 4.69) is 50.0 Å². The molecule has 9 saturated heterocycles. The summed E-state index contributed by atoms with van der Waals surface area (Å²) in [5.74, 6) is -0.493. The molecule has 20 nitrogen and oxygen atoms in total. The van der Waals surface area contributed by atoms with E-state index in [9.17, 15) is 32.8 Å². The lowest BCUT2D eigenvalue weighted by molar-refractivity contribution is 0.0174. The molecule has 10 fully saturated rings. The average Bonchev–Trinajstić information content (AvgIpc) is 1.67. The Balaban J connectivity index is 0.000000128. The number of ether oxygens (including phenoxy) is 5. The molecule has 1 aliphatic carbocycles. The van der Waals surface area contributed by atoms with Crippen molar-refractivity contribution >= 4 is 47.5 Å². The third-order valence-electron chi connectivity index (χ3n) is 25.8. The zero-order chi connectivity index (χ0) is 69.1. The molecule has 1 saturated carbocycles. The fourth-order valence-electron chi connectivity index (χ4n) is 20.4. The first-order valence-electron chi connectivity index (χ1n) is 37.8. The second kappa shape index (κ2) is 28.7. The molecule has 540 valence electrons. The fourth-order valence-corrected chi connectivity index (χ4v) is 20.4. The Bertz CT molecular complexity index is 3400. The maximum absolute atomic E-state index is 14.4. The fraction of sp³-hybridized carbons (Fsp3) is 0.701. The first-order chi connectivity index (χ1) is 47.7. The van der Waals surface area contributed by atoms with E-state index in [1.54, 1.807) is 60.8 Å². The first-order valence-corrected chi connectivity index (χ1v) is 37.8. The number of fused-ring (bicyclic) bond motifs is 12. The lowest BCUT2D eigenvalue weighted by Gasteiger charge is -2.47. The Kier molecular flexibility index (Phi) is 20.2. The van der Waals surface area contributed by atoms with Crippen LogP contribution in [0.25, 0.3) is 0 Å². The third kappa shape index (κ3) is 13.7. The smallest absolute Gasteiger partial charge is 0.414 e. The molecule has 3 spiro atoms. The minimum Gasteiger partial charge on any atom is -0.450 e. The molecular formula is C77H108F2N10O10. The maximum Gasteiger partial charge on any atom is 0.414 e. The summed E-state index contributed by atoms with van der Waals surface area (Å²) in [6, 6.07) is 19.8. The van der Waals surface area contributed by atoms with Crippen LogP contribution in [0.15, 0.2) is 54.6 Å². The average molecular weight is 1370 g/mol. The SMILES string of the molecule is CC(C)OC(=O)N1C2CCC1CC(N1CCC3(CC1)CN(C(=O)N(C)C)c1ccc(F)cc13)C2.CCOC(=O)N1C2CCC1CC(N1CCC3(CC1)CNc1ccc(C)cc13)C2.COCCOC(=O)N1C2CCC1CC(N1CCC3(CC1)CN(C(=O)OC1CCC1)c1ccc(F)cc13)C2. The lowest BCUT2D eigenvalue weighted by Crippen LogP contribution is -2.56. The van der Waals surface area contributed by atoms with Crippen LogP contribution in [0.5, 0.6) is 0 Å². The summed E-state index contributed by atoms with van der Waals surface area (Å²) in [7, 11) is 5.12. The highest BCUT2D eigenvalue weighted by Gasteiger charge is 2.54. The first kappa shape index (κ1) is 69.6. The number of carbonyl (C=O) groups is 5. The molecule has 12 aliphatic heterocycles. The minimum absolute atomic E-state index is 0.0216.